The van der Waals surface area contributed by atoms with Gasteiger partial charge in [0.25, 0.3) is 0 Å². The van der Waals surface area contributed by atoms with Crippen molar-refractivity contribution in [1.82, 2.24) is 9.97 Å². The maximum Gasteiger partial charge on any atom is 0.162 e. The first kappa shape index (κ1) is 14.5. The molecule has 1 aliphatic rings. The number of hydrogen-bond donors (Lipinski definition) is 0. The van der Waals surface area contributed by atoms with Gasteiger partial charge in [-0.1, -0.05) is 41.9 Å². The molecular weight excluding hydrogens is 306 g/mol. The summed E-state index contributed by atoms with van der Waals surface area (Å²) in [4.78, 5) is 12.0. The monoisotopic (exact) mass is 323 g/mol. The summed E-state index contributed by atoms with van der Waals surface area (Å²) >= 11 is 6.21. The van der Waals surface area contributed by atoms with E-state index >= 15 is 0 Å². The molecule has 0 amide bonds. The van der Waals surface area contributed by atoms with Gasteiger partial charge in [0, 0.05) is 29.1 Å². The Kier molecular flexibility index (Phi) is 3.88. The van der Waals surface area contributed by atoms with Crippen LogP contribution in [0.3, 0.4) is 0 Å². The highest BCUT2D eigenvalue weighted by Crippen LogP contribution is 2.31. The minimum atomic E-state index is 0.729. The number of hydrogen-bond acceptors (Lipinski definition) is 3. The van der Waals surface area contributed by atoms with E-state index in [9.17, 15) is 0 Å². The zero-order valence-electron chi connectivity index (χ0n) is 12.9. The molecule has 23 heavy (non-hydrogen) atoms. The first-order valence-corrected chi connectivity index (χ1v) is 8.47. The minimum absolute atomic E-state index is 0.729. The Balaban J connectivity index is 1.91. The Hall–Kier alpha value is -2.13. The molecule has 1 aliphatic heterocycles. The van der Waals surface area contributed by atoms with Gasteiger partial charge in [0.2, 0.25) is 0 Å². The van der Waals surface area contributed by atoms with Crippen LogP contribution in [0, 0.1) is 0 Å². The fourth-order valence-corrected chi connectivity index (χ4v) is 3.32. The molecule has 0 unspecified atom stereocenters. The van der Waals surface area contributed by atoms with Crippen LogP contribution in [-0.4, -0.2) is 23.1 Å². The van der Waals surface area contributed by atoms with Gasteiger partial charge in [-0.05, 0) is 37.5 Å². The van der Waals surface area contributed by atoms with E-state index in [4.69, 9.17) is 21.6 Å². The SMILES string of the molecule is Clc1ccc2nc(-c3ccccc3)nc(N3CCCCC3)c2c1. The zero-order chi connectivity index (χ0) is 15.6. The van der Waals surface area contributed by atoms with Crippen LogP contribution in [0.2, 0.25) is 5.02 Å². The maximum absolute atomic E-state index is 6.21. The number of aromatic nitrogens is 2. The van der Waals surface area contributed by atoms with Crippen molar-refractivity contribution in [2.75, 3.05) is 18.0 Å². The van der Waals surface area contributed by atoms with Crippen LogP contribution in [-0.2, 0) is 0 Å². The summed E-state index contributed by atoms with van der Waals surface area (Å²) in [5.41, 5.74) is 1.99. The number of rotatable bonds is 2. The molecule has 3 nitrogen and oxygen atoms in total. The standard InChI is InChI=1S/C19H18ClN3/c20-15-9-10-17-16(13-15)19(23-11-5-2-6-12-23)22-18(21-17)14-7-3-1-4-8-14/h1,3-4,7-10,13H,2,5-6,11-12H2. The largest absolute Gasteiger partial charge is 0.356 e. The molecule has 116 valence electrons. The van der Waals surface area contributed by atoms with Gasteiger partial charge in [0.15, 0.2) is 5.82 Å². The number of anilines is 1. The second kappa shape index (κ2) is 6.17. The predicted molar refractivity (Wildman–Crippen MR) is 96.0 cm³/mol. The van der Waals surface area contributed by atoms with Crippen LogP contribution in [0.15, 0.2) is 48.5 Å². The van der Waals surface area contributed by atoms with Gasteiger partial charge in [0.05, 0.1) is 5.52 Å². The second-order valence-electron chi connectivity index (χ2n) is 5.95. The molecule has 1 fully saturated rings. The predicted octanol–water partition coefficient (Wildman–Crippen LogP) is 4.94. The van der Waals surface area contributed by atoms with Gasteiger partial charge in [-0.3, -0.25) is 0 Å². The molecule has 0 N–H and O–H groups in total. The van der Waals surface area contributed by atoms with Crippen LogP contribution in [0.4, 0.5) is 5.82 Å². The third kappa shape index (κ3) is 2.89. The van der Waals surface area contributed by atoms with Gasteiger partial charge in [-0.15, -0.1) is 0 Å². The summed E-state index contributed by atoms with van der Waals surface area (Å²) in [5.74, 6) is 1.79. The number of nitrogens with zero attached hydrogens (tertiary/aromatic N) is 3. The van der Waals surface area contributed by atoms with Gasteiger partial charge >= 0.3 is 0 Å². The van der Waals surface area contributed by atoms with E-state index < -0.39 is 0 Å². The van der Waals surface area contributed by atoms with Gasteiger partial charge in [-0.25, -0.2) is 9.97 Å². The molecule has 4 rings (SSSR count). The topological polar surface area (TPSA) is 29.0 Å². The van der Waals surface area contributed by atoms with E-state index in [0.29, 0.717) is 0 Å². The molecule has 4 heteroatoms. The third-order valence-corrected chi connectivity index (χ3v) is 4.56. The molecule has 2 heterocycles. The molecule has 3 aromatic rings. The molecule has 2 aromatic carbocycles. The van der Waals surface area contributed by atoms with Crippen molar-refractivity contribution in [2.45, 2.75) is 19.3 Å². The number of benzene rings is 2. The van der Waals surface area contributed by atoms with Crippen LogP contribution in [0.25, 0.3) is 22.3 Å². The van der Waals surface area contributed by atoms with Gasteiger partial charge in [-0.2, -0.15) is 0 Å². The molecule has 0 atom stereocenters. The van der Waals surface area contributed by atoms with Gasteiger partial charge < -0.3 is 4.90 Å². The number of piperidine rings is 1. The van der Waals surface area contributed by atoms with E-state index in [1.54, 1.807) is 0 Å². The smallest absolute Gasteiger partial charge is 0.162 e. The van der Waals surface area contributed by atoms with E-state index in [2.05, 4.69) is 17.0 Å². The quantitative estimate of drug-likeness (QED) is 0.669. The third-order valence-electron chi connectivity index (χ3n) is 4.33. The molecule has 0 aliphatic carbocycles. The Morgan fingerprint density at radius 1 is 0.870 bits per heavy atom. The second-order valence-corrected chi connectivity index (χ2v) is 6.38. The number of fused-ring (bicyclic) bond motifs is 1. The van der Waals surface area contributed by atoms with Crippen molar-refractivity contribution < 1.29 is 0 Å². The molecule has 1 saturated heterocycles. The Morgan fingerprint density at radius 2 is 1.65 bits per heavy atom. The highest BCUT2D eigenvalue weighted by atomic mass is 35.5. The lowest BCUT2D eigenvalue weighted by atomic mass is 10.1. The van der Waals surface area contributed by atoms with E-state index in [1.807, 2.05) is 36.4 Å². The van der Waals surface area contributed by atoms with Crippen LogP contribution in [0.5, 0.6) is 0 Å². The van der Waals surface area contributed by atoms with Crippen molar-refractivity contribution in [3.8, 4) is 11.4 Å². The zero-order valence-corrected chi connectivity index (χ0v) is 13.6. The summed E-state index contributed by atoms with van der Waals surface area (Å²) in [6.07, 6.45) is 3.73. The molecule has 0 saturated carbocycles. The van der Waals surface area contributed by atoms with Crippen molar-refractivity contribution in [2.24, 2.45) is 0 Å². The molecule has 0 spiro atoms. The van der Waals surface area contributed by atoms with Crippen LogP contribution >= 0.6 is 11.6 Å². The molecule has 0 radical (unpaired) electrons. The van der Waals surface area contributed by atoms with Crippen LogP contribution < -0.4 is 4.90 Å². The van der Waals surface area contributed by atoms with Crippen molar-refractivity contribution in [3.05, 3.63) is 53.6 Å². The summed E-state index contributed by atoms with van der Waals surface area (Å²) < 4.78 is 0. The molecule has 1 aromatic heterocycles. The lowest BCUT2D eigenvalue weighted by Crippen LogP contribution is -2.30. The molecular formula is C19H18ClN3. The Morgan fingerprint density at radius 3 is 2.43 bits per heavy atom. The summed E-state index contributed by atoms with van der Waals surface area (Å²) in [6.45, 7) is 2.10. The van der Waals surface area contributed by atoms with Gasteiger partial charge in [0.1, 0.15) is 5.82 Å². The van der Waals surface area contributed by atoms with E-state index in [-0.39, 0.29) is 0 Å². The number of halogens is 1. The first-order valence-electron chi connectivity index (χ1n) is 8.09. The highest BCUT2D eigenvalue weighted by Gasteiger charge is 2.17. The average Bonchev–Trinajstić information content (AvgIpc) is 2.62. The minimum Gasteiger partial charge on any atom is -0.356 e. The average molecular weight is 324 g/mol. The lowest BCUT2D eigenvalue weighted by Gasteiger charge is -2.29. The summed E-state index contributed by atoms with van der Waals surface area (Å²) in [7, 11) is 0. The fraction of sp³-hybridized carbons (Fsp3) is 0.263. The lowest BCUT2D eigenvalue weighted by molar-refractivity contribution is 0.575. The van der Waals surface area contributed by atoms with Crippen molar-refractivity contribution in [1.29, 1.82) is 0 Å². The Bertz CT molecular complexity index is 827. The Labute approximate surface area is 140 Å². The first-order chi connectivity index (χ1) is 11.3. The molecule has 0 bridgehead atoms. The van der Waals surface area contributed by atoms with Crippen molar-refractivity contribution >= 4 is 28.3 Å². The van der Waals surface area contributed by atoms with E-state index in [0.717, 1.165) is 46.2 Å². The van der Waals surface area contributed by atoms with Crippen molar-refractivity contribution in [3.63, 3.8) is 0 Å². The maximum atomic E-state index is 6.21. The summed E-state index contributed by atoms with van der Waals surface area (Å²) in [5, 5.41) is 1.77. The highest BCUT2D eigenvalue weighted by molar-refractivity contribution is 6.31. The summed E-state index contributed by atoms with van der Waals surface area (Å²) in [6, 6.07) is 16.0. The van der Waals surface area contributed by atoms with E-state index in [1.165, 1.54) is 19.3 Å². The normalized spacial score (nSPS) is 15.1. The van der Waals surface area contributed by atoms with Crippen LogP contribution in [0.1, 0.15) is 19.3 Å². The fourth-order valence-electron chi connectivity index (χ4n) is 3.15.